The molecule has 0 aliphatic carbocycles. The van der Waals surface area contributed by atoms with Gasteiger partial charge in [0.2, 0.25) is 0 Å². The van der Waals surface area contributed by atoms with Gasteiger partial charge in [0, 0.05) is 9.77 Å². The van der Waals surface area contributed by atoms with Crippen molar-refractivity contribution in [1.29, 1.82) is 0 Å². The maximum Gasteiger partial charge on any atom is 0.0671 e. The standard InChI is InChI=1S/C15H19NS2/c1-3-10-16-15(14-5-4-11-18-14)12-6-8-13(17-2)9-7-12/h4-9,11,15-16H,3,10H2,1-2H3. The molecular formula is C15H19NS2. The molecule has 0 aliphatic heterocycles. The number of nitrogens with one attached hydrogen (secondary N) is 1. The van der Waals surface area contributed by atoms with E-state index in [9.17, 15) is 0 Å². The second-order valence-electron chi connectivity index (χ2n) is 4.18. The number of thiophene rings is 1. The Hall–Kier alpha value is -0.770. The van der Waals surface area contributed by atoms with Crippen molar-refractivity contribution in [3.8, 4) is 0 Å². The molecule has 2 rings (SSSR count). The zero-order valence-electron chi connectivity index (χ0n) is 10.8. The van der Waals surface area contributed by atoms with E-state index in [1.807, 2.05) is 11.3 Å². The molecule has 1 heterocycles. The van der Waals surface area contributed by atoms with Gasteiger partial charge in [-0.1, -0.05) is 25.1 Å². The molecule has 1 N–H and O–H groups in total. The molecule has 0 bridgehead atoms. The molecular weight excluding hydrogens is 258 g/mol. The minimum Gasteiger partial charge on any atom is -0.306 e. The normalized spacial score (nSPS) is 12.6. The summed E-state index contributed by atoms with van der Waals surface area (Å²) in [6.07, 6.45) is 3.27. The SMILES string of the molecule is CCCNC(c1ccc(SC)cc1)c1cccs1. The molecule has 0 spiro atoms. The summed E-state index contributed by atoms with van der Waals surface area (Å²) in [5, 5.41) is 5.77. The van der Waals surface area contributed by atoms with Crippen molar-refractivity contribution in [3.05, 3.63) is 52.2 Å². The monoisotopic (exact) mass is 277 g/mol. The van der Waals surface area contributed by atoms with Crippen molar-refractivity contribution in [2.24, 2.45) is 0 Å². The highest BCUT2D eigenvalue weighted by atomic mass is 32.2. The zero-order chi connectivity index (χ0) is 12.8. The van der Waals surface area contributed by atoms with Gasteiger partial charge in [-0.05, 0) is 48.4 Å². The van der Waals surface area contributed by atoms with Gasteiger partial charge in [-0.25, -0.2) is 0 Å². The average Bonchev–Trinajstić information content (AvgIpc) is 2.94. The Balaban J connectivity index is 2.21. The molecule has 0 aliphatic rings. The largest absolute Gasteiger partial charge is 0.306 e. The first-order valence-electron chi connectivity index (χ1n) is 6.26. The van der Waals surface area contributed by atoms with Gasteiger partial charge in [-0.2, -0.15) is 0 Å². The maximum absolute atomic E-state index is 3.63. The summed E-state index contributed by atoms with van der Waals surface area (Å²) in [7, 11) is 0. The van der Waals surface area contributed by atoms with E-state index in [0.717, 1.165) is 13.0 Å². The van der Waals surface area contributed by atoms with Crippen LogP contribution in [-0.4, -0.2) is 12.8 Å². The van der Waals surface area contributed by atoms with E-state index in [0.29, 0.717) is 6.04 Å². The molecule has 1 aromatic carbocycles. The van der Waals surface area contributed by atoms with E-state index >= 15 is 0 Å². The topological polar surface area (TPSA) is 12.0 Å². The first-order valence-corrected chi connectivity index (χ1v) is 8.36. The highest BCUT2D eigenvalue weighted by molar-refractivity contribution is 7.98. The minimum atomic E-state index is 0.334. The van der Waals surface area contributed by atoms with Crippen LogP contribution in [0.2, 0.25) is 0 Å². The number of hydrogen-bond donors (Lipinski definition) is 1. The first kappa shape index (κ1) is 13.7. The molecule has 1 atom stereocenters. The van der Waals surface area contributed by atoms with Crippen LogP contribution in [0.1, 0.15) is 29.8 Å². The van der Waals surface area contributed by atoms with Crippen LogP contribution in [0, 0.1) is 0 Å². The Morgan fingerprint density at radius 2 is 2.00 bits per heavy atom. The fourth-order valence-electron chi connectivity index (χ4n) is 1.92. The van der Waals surface area contributed by atoms with Crippen molar-refractivity contribution in [3.63, 3.8) is 0 Å². The van der Waals surface area contributed by atoms with Crippen LogP contribution < -0.4 is 5.32 Å². The highest BCUT2D eigenvalue weighted by Crippen LogP contribution is 2.27. The third-order valence-electron chi connectivity index (χ3n) is 2.88. The van der Waals surface area contributed by atoms with Gasteiger partial charge in [0.05, 0.1) is 6.04 Å². The fraction of sp³-hybridized carbons (Fsp3) is 0.333. The Kier molecular flexibility index (Phi) is 5.29. The molecule has 1 unspecified atom stereocenters. The van der Waals surface area contributed by atoms with Crippen LogP contribution >= 0.6 is 23.1 Å². The summed E-state index contributed by atoms with van der Waals surface area (Å²) in [5.41, 5.74) is 1.35. The average molecular weight is 277 g/mol. The Bertz CT molecular complexity index is 448. The molecule has 1 aromatic heterocycles. The Morgan fingerprint density at radius 1 is 1.22 bits per heavy atom. The lowest BCUT2D eigenvalue weighted by atomic mass is 10.1. The molecule has 3 heteroatoms. The molecule has 0 radical (unpaired) electrons. The van der Waals surface area contributed by atoms with Crippen molar-refractivity contribution < 1.29 is 0 Å². The first-order chi connectivity index (χ1) is 8.85. The van der Waals surface area contributed by atoms with Gasteiger partial charge < -0.3 is 5.32 Å². The molecule has 2 aromatic rings. The van der Waals surface area contributed by atoms with Crippen LogP contribution in [0.15, 0.2) is 46.7 Å². The number of benzene rings is 1. The van der Waals surface area contributed by atoms with Crippen molar-refractivity contribution in [2.75, 3.05) is 12.8 Å². The van der Waals surface area contributed by atoms with Gasteiger partial charge in [-0.3, -0.25) is 0 Å². The molecule has 0 saturated heterocycles. The van der Waals surface area contributed by atoms with Gasteiger partial charge in [0.25, 0.3) is 0 Å². The van der Waals surface area contributed by atoms with Gasteiger partial charge in [0.1, 0.15) is 0 Å². The fourth-order valence-corrected chi connectivity index (χ4v) is 3.16. The third-order valence-corrected chi connectivity index (χ3v) is 4.56. The Labute approximate surface area is 118 Å². The summed E-state index contributed by atoms with van der Waals surface area (Å²) in [6.45, 7) is 3.25. The van der Waals surface area contributed by atoms with Gasteiger partial charge in [-0.15, -0.1) is 23.1 Å². The lowest BCUT2D eigenvalue weighted by Crippen LogP contribution is -2.22. The molecule has 0 amide bonds. The van der Waals surface area contributed by atoms with Gasteiger partial charge in [0.15, 0.2) is 0 Å². The van der Waals surface area contributed by atoms with Crippen LogP contribution in [0.4, 0.5) is 0 Å². The molecule has 96 valence electrons. The van der Waals surface area contributed by atoms with E-state index in [4.69, 9.17) is 0 Å². The molecule has 0 saturated carbocycles. The summed E-state index contributed by atoms with van der Waals surface area (Å²) in [6, 6.07) is 13.5. The van der Waals surface area contributed by atoms with Crippen molar-refractivity contribution in [2.45, 2.75) is 24.3 Å². The van der Waals surface area contributed by atoms with E-state index in [1.165, 1.54) is 15.3 Å². The zero-order valence-corrected chi connectivity index (χ0v) is 12.5. The number of thioether (sulfide) groups is 1. The third kappa shape index (κ3) is 3.37. The summed E-state index contributed by atoms with van der Waals surface area (Å²) >= 11 is 3.61. The second kappa shape index (κ2) is 6.98. The summed E-state index contributed by atoms with van der Waals surface area (Å²) in [5.74, 6) is 0. The molecule has 0 fully saturated rings. The summed E-state index contributed by atoms with van der Waals surface area (Å²) in [4.78, 5) is 2.71. The molecule has 18 heavy (non-hydrogen) atoms. The lowest BCUT2D eigenvalue weighted by molar-refractivity contribution is 0.605. The van der Waals surface area contributed by atoms with E-state index in [2.05, 4.69) is 60.3 Å². The van der Waals surface area contributed by atoms with E-state index < -0.39 is 0 Å². The summed E-state index contributed by atoms with van der Waals surface area (Å²) < 4.78 is 0. The van der Waals surface area contributed by atoms with Crippen LogP contribution in [0.25, 0.3) is 0 Å². The number of hydrogen-bond acceptors (Lipinski definition) is 3. The maximum atomic E-state index is 3.63. The Morgan fingerprint density at radius 3 is 2.56 bits per heavy atom. The lowest BCUT2D eigenvalue weighted by Gasteiger charge is -2.18. The van der Waals surface area contributed by atoms with Crippen LogP contribution in [0.3, 0.4) is 0 Å². The highest BCUT2D eigenvalue weighted by Gasteiger charge is 2.13. The second-order valence-corrected chi connectivity index (χ2v) is 6.03. The van der Waals surface area contributed by atoms with Crippen molar-refractivity contribution >= 4 is 23.1 Å². The smallest absolute Gasteiger partial charge is 0.0671 e. The van der Waals surface area contributed by atoms with Crippen LogP contribution in [-0.2, 0) is 0 Å². The quantitative estimate of drug-likeness (QED) is 0.777. The van der Waals surface area contributed by atoms with Gasteiger partial charge >= 0.3 is 0 Å². The predicted molar refractivity (Wildman–Crippen MR) is 82.7 cm³/mol. The predicted octanol–water partition coefficient (Wildman–Crippen LogP) is 4.56. The van der Waals surface area contributed by atoms with E-state index in [-0.39, 0.29) is 0 Å². The van der Waals surface area contributed by atoms with E-state index in [1.54, 1.807) is 11.8 Å². The minimum absolute atomic E-state index is 0.334. The van der Waals surface area contributed by atoms with Crippen molar-refractivity contribution in [1.82, 2.24) is 5.32 Å². The number of rotatable bonds is 6. The van der Waals surface area contributed by atoms with Crippen LogP contribution in [0.5, 0.6) is 0 Å². The molecule has 1 nitrogen and oxygen atoms in total.